The van der Waals surface area contributed by atoms with E-state index >= 15 is 0 Å². The molecule has 2 aromatic carbocycles. The number of nitrogens with one attached hydrogen (secondary N) is 1. The third-order valence-electron chi connectivity index (χ3n) is 4.64. The molecule has 3 rings (SSSR count). The monoisotopic (exact) mass is 432 g/mol. The van der Waals surface area contributed by atoms with E-state index in [1.54, 1.807) is 23.1 Å². The lowest BCUT2D eigenvalue weighted by atomic mass is 10.2. The van der Waals surface area contributed by atoms with Crippen molar-refractivity contribution < 1.29 is 32.6 Å². The predicted molar refractivity (Wildman–Crippen MR) is 112 cm³/mol. The Kier molecular flexibility index (Phi) is 7.07. The molecule has 0 spiro atoms. The number of halogens is 2. The Bertz CT molecular complexity index is 994. The smallest absolute Gasteiger partial charge is 0.387 e. The number of methoxy groups -OCH3 is 2. The van der Waals surface area contributed by atoms with Gasteiger partial charge in [-0.05, 0) is 42.3 Å². The van der Waals surface area contributed by atoms with Gasteiger partial charge in [-0.3, -0.25) is 9.59 Å². The van der Waals surface area contributed by atoms with Crippen LogP contribution in [0.1, 0.15) is 18.4 Å². The van der Waals surface area contributed by atoms with Gasteiger partial charge in [0.15, 0.2) is 11.5 Å². The van der Waals surface area contributed by atoms with Gasteiger partial charge in [-0.25, -0.2) is 0 Å². The summed E-state index contributed by atoms with van der Waals surface area (Å²) >= 11 is 0. The fourth-order valence-electron chi connectivity index (χ4n) is 3.22. The average Bonchev–Trinajstić information content (AvgIpc) is 3.18. The molecule has 0 bridgehead atoms. The van der Waals surface area contributed by atoms with Crippen LogP contribution < -0.4 is 24.4 Å². The highest BCUT2D eigenvalue weighted by Gasteiger charge is 2.24. The standard InChI is InChI=1S/C22H22F2N2O5/c1-29-18-13-15(7-8-16(18)26-11-3-4-21(26)28)25-20(27)10-6-14-5-9-17(31-22(23)24)19(12-14)30-2/h5-10,12-13,22H,3-4,11H2,1-2H3,(H,25,27)/b10-6+. The summed E-state index contributed by atoms with van der Waals surface area (Å²) in [4.78, 5) is 25.9. The first-order valence-electron chi connectivity index (χ1n) is 9.51. The maximum absolute atomic E-state index is 12.4. The van der Waals surface area contributed by atoms with E-state index in [1.165, 1.54) is 44.6 Å². The van der Waals surface area contributed by atoms with Crippen molar-refractivity contribution >= 4 is 29.3 Å². The maximum Gasteiger partial charge on any atom is 0.387 e. The Labute approximate surface area is 178 Å². The van der Waals surface area contributed by atoms with Crippen LogP contribution in [0.3, 0.4) is 0 Å². The Morgan fingerprint density at radius 3 is 2.52 bits per heavy atom. The lowest BCUT2D eigenvalue weighted by Gasteiger charge is -2.19. The van der Waals surface area contributed by atoms with E-state index in [4.69, 9.17) is 9.47 Å². The van der Waals surface area contributed by atoms with E-state index in [9.17, 15) is 18.4 Å². The van der Waals surface area contributed by atoms with Gasteiger partial charge >= 0.3 is 6.61 Å². The molecule has 9 heteroatoms. The molecule has 1 N–H and O–H groups in total. The molecule has 1 fully saturated rings. The summed E-state index contributed by atoms with van der Waals surface area (Å²) in [5.41, 5.74) is 1.73. The topological polar surface area (TPSA) is 77.1 Å². The number of amides is 2. The van der Waals surface area contributed by atoms with Gasteiger partial charge in [-0.2, -0.15) is 8.78 Å². The molecule has 7 nitrogen and oxygen atoms in total. The fourth-order valence-corrected chi connectivity index (χ4v) is 3.22. The Morgan fingerprint density at radius 2 is 1.87 bits per heavy atom. The van der Waals surface area contributed by atoms with Crippen LogP contribution in [0.15, 0.2) is 42.5 Å². The highest BCUT2D eigenvalue weighted by atomic mass is 19.3. The van der Waals surface area contributed by atoms with Crippen LogP contribution in [0.2, 0.25) is 0 Å². The summed E-state index contributed by atoms with van der Waals surface area (Å²) < 4.78 is 39.6. The number of ether oxygens (including phenoxy) is 3. The second-order valence-electron chi connectivity index (χ2n) is 6.65. The summed E-state index contributed by atoms with van der Waals surface area (Å²) in [5.74, 6) is 0.149. The summed E-state index contributed by atoms with van der Waals surface area (Å²) in [5, 5.41) is 2.72. The van der Waals surface area contributed by atoms with Crippen LogP contribution >= 0.6 is 0 Å². The fraction of sp³-hybridized carbons (Fsp3) is 0.273. The van der Waals surface area contributed by atoms with Gasteiger partial charge in [0.25, 0.3) is 0 Å². The molecule has 0 aliphatic carbocycles. The number of benzene rings is 2. The summed E-state index contributed by atoms with van der Waals surface area (Å²) in [6.07, 6.45) is 4.11. The first kappa shape index (κ1) is 22.1. The molecule has 0 atom stereocenters. The molecule has 0 saturated carbocycles. The summed E-state index contributed by atoms with van der Waals surface area (Å²) in [6.45, 7) is -2.33. The second-order valence-corrected chi connectivity index (χ2v) is 6.65. The highest BCUT2D eigenvalue weighted by molar-refractivity contribution is 6.03. The number of rotatable bonds is 8. The molecular formula is C22H22F2N2O5. The number of hydrogen-bond acceptors (Lipinski definition) is 5. The van der Waals surface area contributed by atoms with Gasteiger partial charge in [0.05, 0.1) is 19.9 Å². The number of alkyl halides is 2. The summed E-state index contributed by atoms with van der Waals surface area (Å²) in [7, 11) is 2.83. The van der Waals surface area contributed by atoms with Crippen LogP contribution in [-0.4, -0.2) is 39.2 Å². The van der Waals surface area contributed by atoms with Crippen molar-refractivity contribution in [3.8, 4) is 17.2 Å². The van der Waals surface area contributed by atoms with Crippen molar-refractivity contribution in [3.63, 3.8) is 0 Å². The Morgan fingerprint density at radius 1 is 1.10 bits per heavy atom. The van der Waals surface area contributed by atoms with Gasteiger partial charge in [0.2, 0.25) is 11.8 Å². The molecule has 0 unspecified atom stereocenters. The third kappa shape index (κ3) is 5.50. The molecule has 31 heavy (non-hydrogen) atoms. The highest BCUT2D eigenvalue weighted by Crippen LogP contribution is 2.34. The molecule has 164 valence electrons. The van der Waals surface area contributed by atoms with Gasteiger partial charge in [0.1, 0.15) is 5.75 Å². The van der Waals surface area contributed by atoms with Gasteiger partial charge < -0.3 is 24.4 Å². The van der Waals surface area contributed by atoms with E-state index in [2.05, 4.69) is 10.1 Å². The van der Waals surface area contributed by atoms with Crippen LogP contribution in [-0.2, 0) is 9.59 Å². The van der Waals surface area contributed by atoms with Crippen LogP contribution in [0.5, 0.6) is 17.2 Å². The third-order valence-corrected chi connectivity index (χ3v) is 4.64. The maximum atomic E-state index is 12.4. The van der Waals surface area contributed by atoms with Crippen molar-refractivity contribution in [2.45, 2.75) is 19.5 Å². The number of nitrogens with zero attached hydrogens (tertiary/aromatic N) is 1. The van der Waals surface area contributed by atoms with Crippen LogP contribution in [0.4, 0.5) is 20.2 Å². The minimum atomic E-state index is -2.96. The van der Waals surface area contributed by atoms with Crippen molar-refractivity contribution in [2.24, 2.45) is 0 Å². The molecule has 1 heterocycles. The number of anilines is 2. The molecule has 1 saturated heterocycles. The molecule has 1 aliphatic rings. The molecular weight excluding hydrogens is 410 g/mol. The van der Waals surface area contributed by atoms with Crippen molar-refractivity contribution in [1.82, 2.24) is 0 Å². The SMILES string of the molecule is COc1cc(/C=C/C(=O)Nc2ccc(N3CCCC3=O)c(OC)c2)ccc1OC(F)F. The Balaban J connectivity index is 1.69. The average molecular weight is 432 g/mol. The Hall–Kier alpha value is -3.62. The first-order valence-corrected chi connectivity index (χ1v) is 9.51. The zero-order valence-corrected chi connectivity index (χ0v) is 17.1. The van der Waals surface area contributed by atoms with E-state index < -0.39 is 12.5 Å². The van der Waals surface area contributed by atoms with E-state index in [0.29, 0.717) is 35.7 Å². The van der Waals surface area contributed by atoms with Crippen LogP contribution in [0.25, 0.3) is 6.08 Å². The molecule has 0 radical (unpaired) electrons. The summed E-state index contributed by atoms with van der Waals surface area (Å²) in [6, 6.07) is 9.40. The number of carbonyl (C=O) groups excluding carboxylic acids is 2. The molecule has 2 aromatic rings. The van der Waals surface area contributed by atoms with Crippen molar-refractivity contribution in [1.29, 1.82) is 0 Å². The molecule has 2 amide bonds. The van der Waals surface area contributed by atoms with E-state index in [0.717, 1.165) is 6.42 Å². The minimum absolute atomic E-state index is 0.0402. The quantitative estimate of drug-likeness (QED) is 0.636. The molecule has 1 aliphatic heterocycles. The van der Waals surface area contributed by atoms with Crippen molar-refractivity contribution in [3.05, 3.63) is 48.0 Å². The number of carbonyl (C=O) groups is 2. The first-order chi connectivity index (χ1) is 14.9. The van der Waals surface area contributed by atoms with Crippen LogP contribution in [0, 0.1) is 0 Å². The van der Waals surface area contributed by atoms with E-state index in [-0.39, 0.29) is 17.4 Å². The lowest BCUT2D eigenvalue weighted by Crippen LogP contribution is -2.24. The second kappa shape index (κ2) is 9.92. The lowest BCUT2D eigenvalue weighted by molar-refractivity contribution is -0.117. The molecule has 0 aromatic heterocycles. The van der Waals surface area contributed by atoms with Gasteiger partial charge in [-0.1, -0.05) is 6.07 Å². The normalized spacial score (nSPS) is 13.7. The zero-order chi connectivity index (χ0) is 22.4. The largest absolute Gasteiger partial charge is 0.494 e. The van der Waals surface area contributed by atoms with Crippen molar-refractivity contribution in [2.75, 3.05) is 31.0 Å². The van der Waals surface area contributed by atoms with E-state index in [1.807, 2.05) is 0 Å². The van der Waals surface area contributed by atoms with Gasteiger partial charge in [-0.15, -0.1) is 0 Å². The zero-order valence-electron chi connectivity index (χ0n) is 17.1. The van der Waals surface area contributed by atoms with Gasteiger partial charge in [0, 0.05) is 30.8 Å². The predicted octanol–water partition coefficient (Wildman–Crippen LogP) is 4.08. The minimum Gasteiger partial charge on any atom is -0.494 e. The number of hydrogen-bond donors (Lipinski definition) is 1.